The smallest absolute Gasteiger partial charge is 0.332 e. The van der Waals surface area contributed by atoms with Crippen molar-refractivity contribution in [2.24, 2.45) is 0 Å². The van der Waals surface area contributed by atoms with Crippen LogP contribution in [0.15, 0.2) is 6.20 Å². The highest BCUT2D eigenvalue weighted by atomic mass is 32.1. The first kappa shape index (κ1) is 15.7. The number of aryl methyl sites for hydroxylation is 1. The molecule has 2 rings (SSSR count). The van der Waals surface area contributed by atoms with Crippen molar-refractivity contribution in [2.75, 3.05) is 6.54 Å². The van der Waals surface area contributed by atoms with E-state index >= 15 is 0 Å². The number of nitrogens with zero attached hydrogens (tertiary/aromatic N) is 1. The number of aliphatic carboxylic acids is 1. The molecule has 0 radical (unpaired) electrons. The number of nitrogens with one attached hydrogen (secondary N) is 2. The van der Waals surface area contributed by atoms with Gasteiger partial charge >= 0.3 is 12.0 Å². The molecule has 0 aliphatic carbocycles. The molecule has 1 fully saturated rings. The number of hydrogen-bond acceptors (Lipinski definition) is 5. The Hall–Kier alpha value is -1.67. The Kier molecular flexibility index (Phi) is 5.51. The number of ether oxygens (including phenoxy) is 1. The average Bonchev–Trinajstić information content (AvgIpc) is 3.11. The van der Waals surface area contributed by atoms with Crippen molar-refractivity contribution < 1.29 is 19.4 Å². The highest BCUT2D eigenvalue weighted by Gasteiger charge is 2.30. The Morgan fingerprint density at radius 3 is 2.90 bits per heavy atom. The van der Waals surface area contributed by atoms with Crippen molar-refractivity contribution in [1.82, 2.24) is 15.6 Å². The Morgan fingerprint density at radius 2 is 2.29 bits per heavy atom. The molecule has 0 aromatic carbocycles. The number of hydrogen-bond donors (Lipinski definition) is 3. The lowest BCUT2D eigenvalue weighted by Crippen LogP contribution is -2.39. The second kappa shape index (κ2) is 7.37. The van der Waals surface area contributed by atoms with Crippen LogP contribution in [-0.2, 0) is 22.5 Å². The van der Waals surface area contributed by atoms with Gasteiger partial charge in [-0.3, -0.25) is 0 Å². The highest BCUT2D eigenvalue weighted by molar-refractivity contribution is 7.11. The fraction of sp³-hybridized carbons (Fsp3) is 0.615. The van der Waals surface area contributed by atoms with Crippen LogP contribution < -0.4 is 10.6 Å². The molecule has 3 N–H and O–H groups in total. The number of aromatic nitrogens is 1. The van der Waals surface area contributed by atoms with E-state index in [-0.39, 0.29) is 12.1 Å². The largest absolute Gasteiger partial charge is 0.479 e. The molecule has 1 aliphatic rings. The van der Waals surface area contributed by atoms with Crippen LogP contribution in [-0.4, -0.2) is 40.8 Å². The number of carboxylic acids is 1. The van der Waals surface area contributed by atoms with Gasteiger partial charge in [0.25, 0.3) is 0 Å². The third-order valence-corrected chi connectivity index (χ3v) is 4.36. The minimum atomic E-state index is -0.947. The topological polar surface area (TPSA) is 101 Å². The summed E-state index contributed by atoms with van der Waals surface area (Å²) >= 11 is 1.58. The van der Waals surface area contributed by atoms with Crippen molar-refractivity contribution >= 4 is 23.3 Å². The number of carbonyl (C=O) groups is 2. The standard InChI is InChI=1S/C13H19N3O4S/c1-2-9-6-14-11(21-9)7-16-13(19)15-5-8-3-4-10(20-8)12(17)18/h6,8,10H,2-5,7H2,1H3,(H,17,18)(H2,15,16,19). The minimum Gasteiger partial charge on any atom is -0.479 e. The first-order chi connectivity index (χ1) is 10.1. The summed E-state index contributed by atoms with van der Waals surface area (Å²) in [7, 11) is 0. The molecule has 2 heterocycles. The number of thiazole rings is 1. The fourth-order valence-electron chi connectivity index (χ4n) is 2.06. The first-order valence-electron chi connectivity index (χ1n) is 6.92. The van der Waals surface area contributed by atoms with Gasteiger partial charge in [0.1, 0.15) is 5.01 Å². The van der Waals surface area contributed by atoms with Crippen LogP contribution in [0.2, 0.25) is 0 Å². The number of urea groups is 1. The van der Waals surface area contributed by atoms with Gasteiger partial charge in [0, 0.05) is 17.6 Å². The van der Waals surface area contributed by atoms with E-state index in [4.69, 9.17) is 9.84 Å². The zero-order valence-electron chi connectivity index (χ0n) is 11.8. The monoisotopic (exact) mass is 313 g/mol. The average molecular weight is 313 g/mol. The molecular weight excluding hydrogens is 294 g/mol. The van der Waals surface area contributed by atoms with Crippen molar-refractivity contribution in [1.29, 1.82) is 0 Å². The lowest BCUT2D eigenvalue weighted by atomic mass is 10.2. The molecule has 2 amide bonds. The maximum atomic E-state index is 11.6. The zero-order valence-corrected chi connectivity index (χ0v) is 12.6. The summed E-state index contributed by atoms with van der Waals surface area (Å²) in [4.78, 5) is 27.8. The van der Waals surface area contributed by atoms with Gasteiger partial charge in [0.15, 0.2) is 6.10 Å². The van der Waals surface area contributed by atoms with E-state index in [9.17, 15) is 9.59 Å². The summed E-state index contributed by atoms with van der Waals surface area (Å²) in [5.74, 6) is -0.947. The van der Waals surface area contributed by atoms with Gasteiger partial charge in [-0.25, -0.2) is 14.6 Å². The van der Waals surface area contributed by atoms with E-state index in [1.54, 1.807) is 11.3 Å². The summed E-state index contributed by atoms with van der Waals surface area (Å²) in [5, 5.41) is 15.1. The molecule has 7 nitrogen and oxygen atoms in total. The van der Waals surface area contributed by atoms with Gasteiger partial charge in [-0.05, 0) is 19.3 Å². The molecule has 0 bridgehead atoms. The molecule has 1 saturated heterocycles. The van der Waals surface area contributed by atoms with Gasteiger partial charge < -0.3 is 20.5 Å². The molecular formula is C13H19N3O4S. The van der Waals surface area contributed by atoms with Gasteiger partial charge in [-0.15, -0.1) is 11.3 Å². The zero-order chi connectivity index (χ0) is 15.2. The predicted octanol–water partition coefficient (Wildman–Crippen LogP) is 1.14. The van der Waals surface area contributed by atoms with E-state index in [0.717, 1.165) is 11.4 Å². The molecule has 2 atom stereocenters. The van der Waals surface area contributed by atoms with Crippen LogP contribution in [0, 0.1) is 0 Å². The lowest BCUT2D eigenvalue weighted by molar-refractivity contribution is -0.149. The number of carboxylic acid groups (broad SMARTS) is 1. The van der Waals surface area contributed by atoms with Crippen molar-refractivity contribution in [3.63, 3.8) is 0 Å². The highest BCUT2D eigenvalue weighted by Crippen LogP contribution is 2.19. The second-order valence-electron chi connectivity index (χ2n) is 4.80. The Morgan fingerprint density at radius 1 is 1.48 bits per heavy atom. The maximum Gasteiger partial charge on any atom is 0.332 e. The number of amides is 2. The Labute approximate surface area is 126 Å². The summed E-state index contributed by atoms with van der Waals surface area (Å²) in [6.07, 6.45) is 2.91. The van der Waals surface area contributed by atoms with Crippen molar-refractivity contribution in [3.05, 3.63) is 16.1 Å². The summed E-state index contributed by atoms with van der Waals surface area (Å²) in [5.41, 5.74) is 0. The summed E-state index contributed by atoms with van der Waals surface area (Å²) in [6, 6.07) is -0.300. The minimum absolute atomic E-state index is 0.233. The SMILES string of the molecule is CCc1cnc(CNC(=O)NCC2CCC(C(=O)O)O2)s1. The van der Waals surface area contributed by atoms with Gasteiger partial charge in [-0.2, -0.15) is 0 Å². The number of rotatable bonds is 6. The molecule has 1 aliphatic heterocycles. The van der Waals surface area contributed by atoms with Crippen LogP contribution >= 0.6 is 11.3 Å². The van der Waals surface area contributed by atoms with E-state index in [2.05, 4.69) is 22.5 Å². The van der Waals surface area contributed by atoms with Crippen LogP contribution in [0.4, 0.5) is 4.79 Å². The van der Waals surface area contributed by atoms with Crippen molar-refractivity contribution in [2.45, 2.75) is 44.9 Å². The summed E-state index contributed by atoms with van der Waals surface area (Å²) in [6.45, 7) is 2.76. The lowest BCUT2D eigenvalue weighted by Gasteiger charge is -2.12. The second-order valence-corrected chi connectivity index (χ2v) is 6.00. The summed E-state index contributed by atoms with van der Waals surface area (Å²) < 4.78 is 5.30. The molecule has 8 heteroatoms. The quantitative estimate of drug-likeness (QED) is 0.731. The molecule has 1 aromatic rings. The Bertz CT molecular complexity index is 505. The maximum absolute atomic E-state index is 11.6. The van der Waals surface area contributed by atoms with Crippen LogP contribution in [0.25, 0.3) is 0 Å². The normalized spacial score (nSPS) is 21.2. The molecule has 116 valence electrons. The molecule has 0 saturated carbocycles. The Balaban J connectivity index is 1.65. The van der Waals surface area contributed by atoms with Crippen LogP contribution in [0.5, 0.6) is 0 Å². The molecule has 1 aromatic heterocycles. The molecule has 2 unspecified atom stereocenters. The molecule has 21 heavy (non-hydrogen) atoms. The molecule has 0 spiro atoms. The predicted molar refractivity (Wildman–Crippen MR) is 77.3 cm³/mol. The van der Waals surface area contributed by atoms with Crippen molar-refractivity contribution in [3.8, 4) is 0 Å². The van der Waals surface area contributed by atoms with Gasteiger partial charge in [0.2, 0.25) is 0 Å². The number of carbonyl (C=O) groups excluding carboxylic acids is 1. The van der Waals surface area contributed by atoms with E-state index in [1.165, 1.54) is 4.88 Å². The fourth-order valence-corrected chi connectivity index (χ4v) is 2.86. The third-order valence-electron chi connectivity index (χ3n) is 3.22. The first-order valence-corrected chi connectivity index (χ1v) is 7.73. The van der Waals surface area contributed by atoms with E-state index < -0.39 is 12.1 Å². The third kappa shape index (κ3) is 4.68. The van der Waals surface area contributed by atoms with E-state index in [1.807, 2.05) is 6.20 Å². The van der Waals surface area contributed by atoms with Crippen LogP contribution in [0.1, 0.15) is 29.7 Å². The van der Waals surface area contributed by atoms with E-state index in [0.29, 0.717) is 25.9 Å². The van der Waals surface area contributed by atoms with Crippen LogP contribution in [0.3, 0.4) is 0 Å². The van der Waals surface area contributed by atoms with Gasteiger partial charge in [0.05, 0.1) is 12.6 Å². The van der Waals surface area contributed by atoms with Gasteiger partial charge in [-0.1, -0.05) is 6.92 Å².